The minimum absolute atomic E-state index is 0.0496. The van der Waals surface area contributed by atoms with Crippen LogP contribution in [0.3, 0.4) is 0 Å². The second-order valence-electron chi connectivity index (χ2n) is 5.27. The molecule has 1 aliphatic heterocycles. The molecule has 0 saturated carbocycles. The van der Waals surface area contributed by atoms with Gasteiger partial charge in [0.2, 0.25) is 0 Å². The lowest BCUT2D eigenvalue weighted by molar-refractivity contribution is 0.0383. The van der Waals surface area contributed by atoms with Crippen LogP contribution in [0.2, 0.25) is 0 Å². The summed E-state index contributed by atoms with van der Waals surface area (Å²) in [5, 5.41) is 2.96. The van der Waals surface area contributed by atoms with Gasteiger partial charge in [-0.15, -0.1) is 0 Å². The lowest BCUT2D eigenvalue weighted by atomic mass is 10.2. The molecule has 6 heteroatoms. The highest BCUT2D eigenvalue weighted by Gasteiger charge is 2.11. The molecule has 1 N–H and O–H groups in total. The molecule has 0 radical (unpaired) electrons. The zero-order chi connectivity index (χ0) is 14.7. The Morgan fingerprint density at radius 3 is 3.05 bits per heavy atom. The van der Waals surface area contributed by atoms with E-state index >= 15 is 0 Å². The molecule has 6 nitrogen and oxygen atoms in total. The van der Waals surface area contributed by atoms with E-state index in [1.807, 2.05) is 35.9 Å². The summed E-state index contributed by atoms with van der Waals surface area (Å²) >= 11 is 0. The molecular weight excluding hydrogens is 268 g/mol. The summed E-state index contributed by atoms with van der Waals surface area (Å²) in [4.78, 5) is 18.8. The van der Waals surface area contributed by atoms with Crippen LogP contribution in [0.15, 0.2) is 24.5 Å². The number of morpholine rings is 1. The Kier molecular flexibility index (Phi) is 4.17. The lowest BCUT2D eigenvalue weighted by Gasteiger charge is -2.26. The number of hydrogen-bond donors (Lipinski definition) is 1. The Bertz CT molecular complexity index is 632. The molecule has 21 heavy (non-hydrogen) atoms. The Labute approximate surface area is 123 Å². The Morgan fingerprint density at radius 2 is 2.24 bits per heavy atom. The number of nitrogens with zero attached hydrogens (tertiary/aromatic N) is 3. The SMILES string of the molecule is Cc1cn2ccc(C(=O)NCCN3CCOCC3)cc2n1. The van der Waals surface area contributed by atoms with Crippen molar-refractivity contribution in [1.29, 1.82) is 0 Å². The van der Waals surface area contributed by atoms with E-state index in [4.69, 9.17) is 4.74 Å². The van der Waals surface area contributed by atoms with Crippen molar-refractivity contribution in [2.75, 3.05) is 39.4 Å². The average Bonchev–Trinajstić information content (AvgIpc) is 2.87. The van der Waals surface area contributed by atoms with Gasteiger partial charge in [0, 0.05) is 44.1 Å². The third kappa shape index (κ3) is 3.40. The van der Waals surface area contributed by atoms with E-state index in [1.165, 1.54) is 0 Å². The predicted octanol–water partition coefficient (Wildman–Crippen LogP) is 0.705. The van der Waals surface area contributed by atoms with Gasteiger partial charge in [-0.2, -0.15) is 0 Å². The normalized spacial score (nSPS) is 16.2. The number of rotatable bonds is 4. The van der Waals surface area contributed by atoms with Crippen LogP contribution in [0.1, 0.15) is 16.1 Å². The third-order valence-electron chi connectivity index (χ3n) is 3.66. The van der Waals surface area contributed by atoms with Crippen molar-refractivity contribution in [2.45, 2.75) is 6.92 Å². The Balaban J connectivity index is 1.55. The number of nitrogens with one attached hydrogen (secondary N) is 1. The first-order valence-corrected chi connectivity index (χ1v) is 7.26. The van der Waals surface area contributed by atoms with Crippen molar-refractivity contribution in [2.24, 2.45) is 0 Å². The molecule has 1 amide bonds. The maximum atomic E-state index is 12.1. The molecule has 0 aromatic carbocycles. The molecular formula is C15H20N4O2. The fourth-order valence-electron chi connectivity index (χ4n) is 2.50. The van der Waals surface area contributed by atoms with Crippen LogP contribution in [0.25, 0.3) is 5.65 Å². The number of pyridine rings is 1. The van der Waals surface area contributed by atoms with Crippen LogP contribution in [0.5, 0.6) is 0 Å². The standard InChI is InChI=1S/C15H20N4O2/c1-12-11-19-4-2-13(10-14(19)17-12)15(20)16-3-5-18-6-8-21-9-7-18/h2,4,10-11H,3,5-9H2,1H3,(H,16,20). The quantitative estimate of drug-likeness (QED) is 0.900. The Morgan fingerprint density at radius 1 is 1.43 bits per heavy atom. The van der Waals surface area contributed by atoms with Crippen LogP contribution >= 0.6 is 0 Å². The number of aryl methyl sites for hydroxylation is 1. The first-order chi connectivity index (χ1) is 10.2. The molecule has 1 aliphatic rings. The van der Waals surface area contributed by atoms with Crippen molar-refractivity contribution in [3.63, 3.8) is 0 Å². The van der Waals surface area contributed by atoms with Crippen molar-refractivity contribution in [3.05, 3.63) is 35.8 Å². The van der Waals surface area contributed by atoms with E-state index in [-0.39, 0.29) is 5.91 Å². The molecule has 2 aromatic heterocycles. The summed E-state index contributed by atoms with van der Waals surface area (Å²) in [6.07, 6.45) is 3.81. The first kappa shape index (κ1) is 14.0. The van der Waals surface area contributed by atoms with Gasteiger partial charge >= 0.3 is 0 Å². The fraction of sp³-hybridized carbons (Fsp3) is 0.467. The van der Waals surface area contributed by atoms with Crippen molar-refractivity contribution >= 4 is 11.6 Å². The number of imidazole rings is 1. The molecule has 0 unspecified atom stereocenters. The number of fused-ring (bicyclic) bond motifs is 1. The molecule has 1 fully saturated rings. The highest BCUT2D eigenvalue weighted by Crippen LogP contribution is 2.07. The molecule has 0 bridgehead atoms. The molecule has 0 atom stereocenters. The van der Waals surface area contributed by atoms with E-state index in [9.17, 15) is 4.79 Å². The second-order valence-corrected chi connectivity index (χ2v) is 5.27. The van der Waals surface area contributed by atoms with E-state index in [0.29, 0.717) is 12.1 Å². The van der Waals surface area contributed by atoms with Crippen LogP contribution < -0.4 is 5.32 Å². The summed E-state index contributed by atoms with van der Waals surface area (Å²) in [6, 6.07) is 3.63. The molecule has 3 rings (SSSR count). The van der Waals surface area contributed by atoms with Crippen LogP contribution in [0, 0.1) is 6.92 Å². The number of hydrogen-bond acceptors (Lipinski definition) is 4. The summed E-state index contributed by atoms with van der Waals surface area (Å²) in [5.41, 5.74) is 2.39. The van der Waals surface area contributed by atoms with Crippen molar-refractivity contribution in [3.8, 4) is 0 Å². The van der Waals surface area contributed by atoms with E-state index in [2.05, 4.69) is 15.2 Å². The molecule has 2 aromatic rings. The Hall–Kier alpha value is -1.92. The van der Waals surface area contributed by atoms with Crippen LogP contribution in [0.4, 0.5) is 0 Å². The topological polar surface area (TPSA) is 58.9 Å². The van der Waals surface area contributed by atoms with Gasteiger partial charge in [0.1, 0.15) is 5.65 Å². The molecule has 3 heterocycles. The largest absolute Gasteiger partial charge is 0.379 e. The van der Waals surface area contributed by atoms with Crippen molar-refractivity contribution < 1.29 is 9.53 Å². The minimum atomic E-state index is -0.0496. The number of carbonyl (C=O) groups is 1. The van der Waals surface area contributed by atoms with Gasteiger partial charge in [-0.25, -0.2) is 4.98 Å². The summed E-state index contributed by atoms with van der Waals surface area (Å²) in [7, 11) is 0. The van der Waals surface area contributed by atoms with E-state index < -0.39 is 0 Å². The third-order valence-corrected chi connectivity index (χ3v) is 3.66. The van der Waals surface area contributed by atoms with Gasteiger partial charge in [-0.1, -0.05) is 0 Å². The molecule has 1 saturated heterocycles. The minimum Gasteiger partial charge on any atom is -0.379 e. The predicted molar refractivity (Wildman–Crippen MR) is 79.5 cm³/mol. The summed E-state index contributed by atoms with van der Waals surface area (Å²) in [6.45, 7) is 6.89. The summed E-state index contributed by atoms with van der Waals surface area (Å²) in [5.74, 6) is -0.0496. The number of aromatic nitrogens is 2. The maximum Gasteiger partial charge on any atom is 0.251 e. The second kappa shape index (κ2) is 6.24. The van der Waals surface area contributed by atoms with Crippen LogP contribution in [-0.2, 0) is 4.74 Å². The molecule has 0 spiro atoms. The van der Waals surface area contributed by atoms with Crippen LogP contribution in [-0.4, -0.2) is 59.6 Å². The van der Waals surface area contributed by atoms with Gasteiger partial charge in [-0.3, -0.25) is 9.69 Å². The van der Waals surface area contributed by atoms with E-state index in [1.54, 1.807) is 0 Å². The highest BCUT2D eigenvalue weighted by molar-refractivity contribution is 5.95. The average molecular weight is 288 g/mol. The highest BCUT2D eigenvalue weighted by atomic mass is 16.5. The van der Waals surface area contributed by atoms with Gasteiger partial charge in [-0.05, 0) is 19.1 Å². The smallest absolute Gasteiger partial charge is 0.251 e. The summed E-state index contributed by atoms with van der Waals surface area (Å²) < 4.78 is 7.22. The maximum absolute atomic E-state index is 12.1. The van der Waals surface area contributed by atoms with Gasteiger partial charge < -0.3 is 14.5 Å². The zero-order valence-corrected chi connectivity index (χ0v) is 12.2. The monoisotopic (exact) mass is 288 g/mol. The lowest BCUT2D eigenvalue weighted by Crippen LogP contribution is -2.41. The fourth-order valence-corrected chi connectivity index (χ4v) is 2.50. The molecule has 112 valence electrons. The van der Waals surface area contributed by atoms with Gasteiger partial charge in [0.25, 0.3) is 5.91 Å². The number of amides is 1. The van der Waals surface area contributed by atoms with Gasteiger partial charge in [0.05, 0.1) is 18.9 Å². The number of carbonyl (C=O) groups excluding carboxylic acids is 1. The zero-order valence-electron chi connectivity index (χ0n) is 12.2. The molecule has 0 aliphatic carbocycles. The van der Waals surface area contributed by atoms with E-state index in [0.717, 1.165) is 44.2 Å². The van der Waals surface area contributed by atoms with Gasteiger partial charge in [0.15, 0.2) is 0 Å². The number of ether oxygens (including phenoxy) is 1. The van der Waals surface area contributed by atoms with Crippen molar-refractivity contribution in [1.82, 2.24) is 19.6 Å². The first-order valence-electron chi connectivity index (χ1n) is 7.26.